The van der Waals surface area contributed by atoms with Crippen molar-refractivity contribution in [2.24, 2.45) is 10.9 Å². The maximum absolute atomic E-state index is 12.3. The number of hydrogen-bond donors (Lipinski definition) is 3. The lowest BCUT2D eigenvalue weighted by Gasteiger charge is -2.22. The quantitative estimate of drug-likeness (QED) is 0.309. The number of rotatable bonds is 6. The summed E-state index contributed by atoms with van der Waals surface area (Å²) in [6.45, 7) is 3.70. The second-order valence-corrected chi connectivity index (χ2v) is 4.81. The van der Waals surface area contributed by atoms with Crippen LogP contribution in [-0.4, -0.2) is 40.7 Å². The van der Waals surface area contributed by atoms with Gasteiger partial charge in [0.05, 0.1) is 12.3 Å². The molecule has 1 rings (SSSR count). The van der Waals surface area contributed by atoms with E-state index in [1.54, 1.807) is 32.0 Å². The van der Waals surface area contributed by atoms with Crippen molar-refractivity contribution in [1.29, 1.82) is 0 Å². The molecule has 0 aromatic heterocycles. The minimum absolute atomic E-state index is 0.193. The molecule has 0 unspecified atom stereocenters. The minimum Gasteiger partial charge on any atom is -0.411 e. The van der Waals surface area contributed by atoms with Crippen molar-refractivity contribution in [1.82, 2.24) is 4.90 Å². The number of nitrogen functional groups attached to an aromatic ring is 1. The minimum atomic E-state index is -0.872. The van der Waals surface area contributed by atoms with Gasteiger partial charge >= 0.3 is 0 Å². The van der Waals surface area contributed by atoms with Crippen LogP contribution in [0.1, 0.15) is 31.4 Å². The average molecular weight is 306 g/mol. The normalized spacial score (nSPS) is 12.3. The Balaban J connectivity index is 2.97. The van der Waals surface area contributed by atoms with Gasteiger partial charge in [-0.05, 0) is 25.0 Å². The van der Waals surface area contributed by atoms with Gasteiger partial charge in [0.2, 0.25) is 11.8 Å². The van der Waals surface area contributed by atoms with E-state index in [1.165, 1.54) is 6.21 Å². The Morgan fingerprint density at radius 3 is 2.64 bits per heavy atom. The van der Waals surface area contributed by atoms with E-state index < -0.39 is 11.9 Å². The highest BCUT2D eigenvalue weighted by atomic mass is 16.4. The number of oxime groups is 1. The predicted octanol–water partition coefficient (Wildman–Crippen LogP) is 0.732. The van der Waals surface area contributed by atoms with Crippen LogP contribution in [0, 0.1) is 0 Å². The van der Waals surface area contributed by atoms with Crippen molar-refractivity contribution in [2.75, 3.05) is 12.3 Å². The van der Waals surface area contributed by atoms with Crippen molar-refractivity contribution < 1.29 is 14.8 Å². The lowest BCUT2D eigenvalue weighted by molar-refractivity contribution is -0.145. The molecule has 0 aliphatic rings. The fourth-order valence-electron chi connectivity index (χ4n) is 2.20. The predicted molar refractivity (Wildman–Crippen MR) is 84.6 cm³/mol. The number of hydrogen-bond acceptors (Lipinski definition) is 6. The first-order valence-corrected chi connectivity index (χ1v) is 7.10. The molecular formula is C15H22N4O3. The summed E-state index contributed by atoms with van der Waals surface area (Å²) >= 11 is 0. The van der Waals surface area contributed by atoms with Crippen molar-refractivity contribution in [3.63, 3.8) is 0 Å². The van der Waals surface area contributed by atoms with Crippen LogP contribution in [0.4, 0.5) is 5.69 Å². The second kappa shape index (κ2) is 8.14. The van der Waals surface area contributed by atoms with Crippen LogP contribution < -0.4 is 11.5 Å². The van der Waals surface area contributed by atoms with Gasteiger partial charge in [0.1, 0.15) is 0 Å². The van der Waals surface area contributed by atoms with Gasteiger partial charge in [0.25, 0.3) is 0 Å². The fraction of sp³-hybridized carbons (Fsp3) is 0.400. The molecule has 1 aromatic carbocycles. The SMILES string of the molecule is CCC(=O)N(CC)C(=O)[C@@H](N)Cc1cccc(N)c1C=NO. The van der Waals surface area contributed by atoms with Crippen LogP contribution in [0.15, 0.2) is 23.4 Å². The van der Waals surface area contributed by atoms with Gasteiger partial charge < -0.3 is 16.7 Å². The van der Waals surface area contributed by atoms with Crippen molar-refractivity contribution in [3.8, 4) is 0 Å². The number of nitrogens with zero attached hydrogens (tertiary/aromatic N) is 2. The van der Waals surface area contributed by atoms with Crippen molar-refractivity contribution in [3.05, 3.63) is 29.3 Å². The molecule has 22 heavy (non-hydrogen) atoms. The zero-order valence-corrected chi connectivity index (χ0v) is 12.8. The lowest BCUT2D eigenvalue weighted by atomic mass is 9.99. The van der Waals surface area contributed by atoms with Crippen LogP contribution >= 0.6 is 0 Å². The maximum atomic E-state index is 12.3. The summed E-state index contributed by atoms with van der Waals surface area (Å²) in [4.78, 5) is 25.2. The summed E-state index contributed by atoms with van der Waals surface area (Å²) in [5, 5.41) is 11.7. The third kappa shape index (κ3) is 4.05. The number of imide groups is 1. The van der Waals surface area contributed by atoms with Crippen LogP contribution in [0.3, 0.4) is 0 Å². The van der Waals surface area contributed by atoms with Gasteiger partial charge in [-0.15, -0.1) is 0 Å². The van der Waals surface area contributed by atoms with Gasteiger partial charge in [-0.2, -0.15) is 0 Å². The summed E-state index contributed by atoms with van der Waals surface area (Å²) in [6.07, 6.45) is 1.64. The zero-order chi connectivity index (χ0) is 16.7. The Morgan fingerprint density at radius 1 is 1.41 bits per heavy atom. The van der Waals surface area contributed by atoms with E-state index in [9.17, 15) is 9.59 Å². The van der Waals surface area contributed by atoms with Gasteiger partial charge in [0.15, 0.2) is 0 Å². The molecule has 0 saturated heterocycles. The van der Waals surface area contributed by atoms with E-state index in [4.69, 9.17) is 16.7 Å². The van der Waals surface area contributed by atoms with E-state index in [1.807, 2.05) is 0 Å². The highest BCUT2D eigenvalue weighted by Gasteiger charge is 2.25. The summed E-state index contributed by atoms with van der Waals surface area (Å²) in [7, 11) is 0. The van der Waals surface area contributed by atoms with Crippen LogP contribution in [-0.2, 0) is 16.0 Å². The molecule has 0 spiro atoms. The number of benzene rings is 1. The molecule has 1 atom stereocenters. The van der Waals surface area contributed by atoms with Crippen molar-refractivity contribution >= 4 is 23.7 Å². The zero-order valence-electron chi connectivity index (χ0n) is 12.8. The van der Waals surface area contributed by atoms with E-state index >= 15 is 0 Å². The number of carbonyl (C=O) groups is 2. The Bertz CT molecular complexity index is 572. The molecule has 0 aliphatic carbocycles. The average Bonchev–Trinajstić information content (AvgIpc) is 2.51. The smallest absolute Gasteiger partial charge is 0.246 e. The monoisotopic (exact) mass is 306 g/mol. The van der Waals surface area contributed by atoms with Crippen LogP contribution in [0.2, 0.25) is 0 Å². The summed E-state index contributed by atoms with van der Waals surface area (Å²) in [5.41, 5.74) is 13.4. The Hall–Kier alpha value is -2.41. The molecule has 0 fully saturated rings. The van der Waals surface area contributed by atoms with E-state index in [0.29, 0.717) is 16.8 Å². The van der Waals surface area contributed by atoms with Gasteiger partial charge in [-0.1, -0.05) is 24.2 Å². The van der Waals surface area contributed by atoms with Gasteiger partial charge in [0, 0.05) is 24.2 Å². The van der Waals surface area contributed by atoms with Crippen LogP contribution in [0.25, 0.3) is 0 Å². The van der Waals surface area contributed by atoms with Crippen molar-refractivity contribution in [2.45, 2.75) is 32.7 Å². The molecule has 0 heterocycles. The molecule has 0 bridgehead atoms. The Labute approximate surface area is 129 Å². The molecular weight excluding hydrogens is 284 g/mol. The first kappa shape index (κ1) is 17.6. The van der Waals surface area contributed by atoms with Gasteiger partial charge in [-0.3, -0.25) is 14.5 Å². The number of carbonyl (C=O) groups excluding carboxylic acids is 2. The van der Waals surface area contributed by atoms with E-state index in [0.717, 1.165) is 4.90 Å². The Morgan fingerprint density at radius 2 is 2.09 bits per heavy atom. The standard InChI is InChI=1S/C15H22N4O3/c1-3-14(20)19(4-2)15(21)13(17)8-10-6-5-7-12(16)11(10)9-18-22/h5-7,9,13,22H,3-4,8,16-17H2,1-2H3/t13-/m0/s1. The molecule has 1 aromatic rings. The highest BCUT2D eigenvalue weighted by Crippen LogP contribution is 2.17. The number of nitrogens with two attached hydrogens (primary N) is 2. The van der Waals surface area contributed by atoms with E-state index in [-0.39, 0.29) is 25.3 Å². The summed E-state index contributed by atoms with van der Waals surface area (Å²) in [6, 6.07) is 4.26. The molecule has 0 radical (unpaired) electrons. The van der Waals surface area contributed by atoms with Crippen LogP contribution in [0.5, 0.6) is 0 Å². The highest BCUT2D eigenvalue weighted by molar-refractivity contribution is 5.98. The van der Waals surface area contributed by atoms with E-state index in [2.05, 4.69) is 5.16 Å². The first-order chi connectivity index (χ1) is 10.5. The first-order valence-electron chi connectivity index (χ1n) is 7.10. The molecule has 0 aliphatic heterocycles. The molecule has 5 N–H and O–H groups in total. The number of likely N-dealkylation sites (N-methyl/N-ethyl adjacent to an activating group) is 1. The number of anilines is 1. The third-order valence-corrected chi connectivity index (χ3v) is 3.36. The summed E-state index contributed by atoms with van der Waals surface area (Å²) < 4.78 is 0. The Kier molecular flexibility index (Phi) is 6.52. The molecule has 7 heteroatoms. The third-order valence-electron chi connectivity index (χ3n) is 3.36. The molecule has 2 amide bonds. The fourth-order valence-corrected chi connectivity index (χ4v) is 2.20. The molecule has 0 saturated carbocycles. The molecule has 120 valence electrons. The number of amides is 2. The largest absolute Gasteiger partial charge is 0.411 e. The summed E-state index contributed by atoms with van der Waals surface area (Å²) in [5.74, 6) is -0.684. The maximum Gasteiger partial charge on any atom is 0.246 e. The lowest BCUT2D eigenvalue weighted by Crippen LogP contribution is -2.47. The van der Waals surface area contributed by atoms with Gasteiger partial charge in [-0.25, -0.2) is 0 Å². The molecule has 7 nitrogen and oxygen atoms in total. The second-order valence-electron chi connectivity index (χ2n) is 4.81. The topological polar surface area (TPSA) is 122 Å².